The third-order valence-corrected chi connectivity index (χ3v) is 5.39. The Morgan fingerprint density at radius 1 is 1.00 bits per heavy atom. The molecule has 2 aromatic heterocycles. The Labute approximate surface area is 113 Å². The molecule has 3 rings (SSSR count). The van der Waals surface area contributed by atoms with Gasteiger partial charge in [-0.15, -0.1) is 5.10 Å². The Hall–Kier alpha value is -1.88. The van der Waals surface area contributed by atoms with Crippen LogP contribution < -0.4 is 0 Å². The highest BCUT2D eigenvalue weighted by Gasteiger charge is 2.31. The summed E-state index contributed by atoms with van der Waals surface area (Å²) in [6, 6.07) is 12.3. The molecule has 0 aliphatic heterocycles. The summed E-state index contributed by atoms with van der Waals surface area (Å²) < 4.78 is 4.31. The number of aromatic nitrogens is 4. The van der Waals surface area contributed by atoms with E-state index in [4.69, 9.17) is 0 Å². The minimum absolute atomic E-state index is 0.245. The molecule has 0 amide bonds. The van der Waals surface area contributed by atoms with Crippen LogP contribution in [0.1, 0.15) is 5.79 Å². The summed E-state index contributed by atoms with van der Waals surface area (Å²) in [6.45, 7) is 7.07. The van der Waals surface area contributed by atoms with E-state index in [0.717, 1.165) is 11.0 Å². The zero-order valence-electron chi connectivity index (χ0n) is 11.5. The third-order valence-electron chi connectivity index (χ3n) is 3.29. The van der Waals surface area contributed by atoms with Gasteiger partial charge in [0.2, 0.25) is 0 Å². The highest BCUT2D eigenvalue weighted by molar-refractivity contribution is 6.76. The molecule has 0 aliphatic carbocycles. The summed E-state index contributed by atoms with van der Waals surface area (Å²) in [4.78, 5) is 0. The van der Waals surface area contributed by atoms with Gasteiger partial charge < -0.3 is 4.57 Å². The maximum atomic E-state index is 4.40. The molecule has 0 saturated carbocycles. The first-order chi connectivity index (χ1) is 9.07. The van der Waals surface area contributed by atoms with Crippen molar-refractivity contribution in [3.63, 3.8) is 0 Å². The van der Waals surface area contributed by atoms with Crippen molar-refractivity contribution in [2.24, 2.45) is 0 Å². The van der Waals surface area contributed by atoms with Crippen LogP contribution in [0.25, 0.3) is 11.0 Å². The lowest BCUT2D eigenvalue weighted by Gasteiger charge is -2.30. The molecule has 3 aromatic rings. The standard InChI is InChI=1S/C14H18N4Si/c1-19(2,3)14(17-10-6-7-11-17)18-13-9-5-4-8-12(13)15-16-18/h4-11,14H,1-3H3. The maximum Gasteiger partial charge on any atom is 0.115 e. The van der Waals surface area contributed by atoms with Gasteiger partial charge >= 0.3 is 0 Å². The molecule has 1 aromatic carbocycles. The SMILES string of the molecule is C[Si](C)(C)C(n1cccc1)n1nnc2ccccc21. The third kappa shape index (κ3) is 2.10. The molecule has 0 spiro atoms. The Kier molecular flexibility index (Phi) is 2.78. The molecular formula is C14H18N4Si. The van der Waals surface area contributed by atoms with E-state index in [1.54, 1.807) is 0 Å². The van der Waals surface area contributed by atoms with Crippen LogP contribution in [0.3, 0.4) is 0 Å². The normalized spacial score (nSPS) is 13.8. The van der Waals surface area contributed by atoms with E-state index in [2.05, 4.69) is 69.8 Å². The van der Waals surface area contributed by atoms with Crippen molar-refractivity contribution >= 4 is 19.1 Å². The van der Waals surface area contributed by atoms with Crippen molar-refractivity contribution in [2.75, 3.05) is 0 Å². The summed E-state index contributed by atoms with van der Waals surface area (Å²) in [7, 11) is -1.49. The van der Waals surface area contributed by atoms with Crippen molar-refractivity contribution < 1.29 is 0 Å². The van der Waals surface area contributed by atoms with Gasteiger partial charge in [0, 0.05) is 12.4 Å². The number of hydrogen-bond acceptors (Lipinski definition) is 2. The number of hydrogen-bond donors (Lipinski definition) is 0. The molecule has 19 heavy (non-hydrogen) atoms. The van der Waals surface area contributed by atoms with Gasteiger partial charge in [-0.25, -0.2) is 4.68 Å². The number of fused-ring (bicyclic) bond motifs is 1. The van der Waals surface area contributed by atoms with Gasteiger partial charge in [0.25, 0.3) is 0 Å². The van der Waals surface area contributed by atoms with Crippen LogP contribution in [0, 0.1) is 0 Å². The van der Waals surface area contributed by atoms with Gasteiger partial charge in [0.15, 0.2) is 0 Å². The molecule has 0 bridgehead atoms. The van der Waals surface area contributed by atoms with Gasteiger partial charge in [-0.2, -0.15) is 0 Å². The quantitative estimate of drug-likeness (QED) is 0.685. The summed E-state index contributed by atoms with van der Waals surface area (Å²) >= 11 is 0. The van der Waals surface area contributed by atoms with Crippen LogP contribution in [0.2, 0.25) is 19.6 Å². The first-order valence-corrected chi connectivity index (χ1v) is 10.1. The molecule has 0 saturated heterocycles. The second kappa shape index (κ2) is 4.34. The van der Waals surface area contributed by atoms with Crippen LogP contribution in [-0.4, -0.2) is 27.6 Å². The highest BCUT2D eigenvalue weighted by Crippen LogP contribution is 2.26. The molecule has 0 aliphatic rings. The zero-order chi connectivity index (χ0) is 13.5. The summed E-state index contributed by atoms with van der Waals surface area (Å²) in [5.41, 5.74) is 2.06. The number of benzene rings is 1. The molecule has 2 heterocycles. The van der Waals surface area contributed by atoms with Crippen LogP contribution in [0.5, 0.6) is 0 Å². The van der Waals surface area contributed by atoms with E-state index in [0.29, 0.717) is 0 Å². The van der Waals surface area contributed by atoms with Gasteiger partial charge in [-0.3, -0.25) is 0 Å². The van der Waals surface area contributed by atoms with E-state index in [1.807, 2.05) is 18.2 Å². The maximum absolute atomic E-state index is 4.40. The average molecular weight is 270 g/mol. The molecule has 1 atom stereocenters. The molecule has 5 heteroatoms. The number of nitrogens with zero attached hydrogens (tertiary/aromatic N) is 4. The zero-order valence-corrected chi connectivity index (χ0v) is 12.5. The molecule has 0 radical (unpaired) electrons. The molecule has 0 fully saturated rings. The molecule has 0 N–H and O–H groups in total. The molecule has 1 unspecified atom stereocenters. The summed E-state index contributed by atoms with van der Waals surface area (Å²) in [6.07, 6.45) is 4.22. The Morgan fingerprint density at radius 3 is 2.37 bits per heavy atom. The van der Waals surface area contributed by atoms with Crippen LogP contribution in [0.15, 0.2) is 48.8 Å². The summed E-state index contributed by atoms with van der Waals surface area (Å²) in [5.74, 6) is 0.245. The van der Waals surface area contributed by atoms with E-state index < -0.39 is 8.07 Å². The van der Waals surface area contributed by atoms with Gasteiger partial charge in [-0.05, 0) is 24.3 Å². The molecule has 4 nitrogen and oxygen atoms in total. The van der Waals surface area contributed by atoms with E-state index in [-0.39, 0.29) is 5.79 Å². The fourth-order valence-corrected chi connectivity index (χ4v) is 4.51. The predicted molar refractivity (Wildman–Crippen MR) is 79.7 cm³/mol. The number of rotatable bonds is 3. The monoisotopic (exact) mass is 270 g/mol. The van der Waals surface area contributed by atoms with E-state index >= 15 is 0 Å². The smallest absolute Gasteiger partial charge is 0.115 e. The van der Waals surface area contributed by atoms with Crippen molar-refractivity contribution in [1.82, 2.24) is 19.6 Å². The Bertz CT molecular complexity index is 679. The van der Waals surface area contributed by atoms with E-state index in [9.17, 15) is 0 Å². The van der Waals surface area contributed by atoms with Crippen molar-refractivity contribution in [2.45, 2.75) is 25.4 Å². The first-order valence-electron chi connectivity index (χ1n) is 6.50. The highest BCUT2D eigenvalue weighted by atomic mass is 28.3. The van der Waals surface area contributed by atoms with Gasteiger partial charge in [0.05, 0.1) is 13.6 Å². The lowest BCUT2D eigenvalue weighted by atomic mass is 10.3. The largest absolute Gasteiger partial charge is 0.335 e. The van der Waals surface area contributed by atoms with Crippen LogP contribution >= 0.6 is 0 Å². The van der Waals surface area contributed by atoms with Crippen LogP contribution in [-0.2, 0) is 0 Å². The lowest BCUT2D eigenvalue weighted by molar-refractivity contribution is 0.501. The van der Waals surface area contributed by atoms with Gasteiger partial charge in [0.1, 0.15) is 11.3 Å². The van der Waals surface area contributed by atoms with E-state index in [1.165, 1.54) is 0 Å². The number of para-hydroxylation sites is 1. The van der Waals surface area contributed by atoms with Crippen molar-refractivity contribution in [3.8, 4) is 0 Å². The van der Waals surface area contributed by atoms with Crippen LogP contribution in [0.4, 0.5) is 0 Å². The lowest BCUT2D eigenvalue weighted by Crippen LogP contribution is -2.40. The minimum atomic E-state index is -1.49. The van der Waals surface area contributed by atoms with Crippen molar-refractivity contribution in [3.05, 3.63) is 48.8 Å². The molecular weight excluding hydrogens is 252 g/mol. The average Bonchev–Trinajstić information content (AvgIpc) is 2.98. The first kappa shape index (κ1) is 12.2. The predicted octanol–water partition coefficient (Wildman–Crippen LogP) is 3.16. The van der Waals surface area contributed by atoms with Crippen molar-refractivity contribution in [1.29, 1.82) is 0 Å². The Balaban J connectivity index is 2.20. The topological polar surface area (TPSA) is 35.6 Å². The summed E-state index contributed by atoms with van der Waals surface area (Å²) in [5, 5.41) is 8.68. The van der Waals surface area contributed by atoms with Gasteiger partial charge in [-0.1, -0.05) is 37.0 Å². The minimum Gasteiger partial charge on any atom is -0.335 e. The fraction of sp³-hybridized carbons (Fsp3) is 0.286. The Morgan fingerprint density at radius 2 is 1.68 bits per heavy atom. The fourth-order valence-electron chi connectivity index (χ4n) is 2.52. The second-order valence-electron chi connectivity index (χ2n) is 5.89. The molecule has 98 valence electrons. The second-order valence-corrected chi connectivity index (χ2v) is 11.1.